The molecule has 6 aromatic carbocycles. The molecule has 0 unspecified atom stereocenters. The number of nitrogens with zero attached hydrogens (tertiary/aromatic N) is 2. The van der Waals surface area contributed by atoms with Gasteiger partial charge in [-0.05, 0) is 89.0 Å². The van der Waals surface area contributed by atoms with E-state index in [0.29, 0.717) is 0 Å². The Labute approximate surface area is 299 Å². The first-order valence-electron chi connectivity index (χ1n) is 18.7. The van der Waals surface area contributed by atoms with E-state index in [-0.39, 0.29) is 5.41 Å². The van der Waals surface area contributed by atoms with Crippen molar-refractivity contribution in [1.82, 2.24) is 9.97 Å². The number of para-hydroxylation sites is 1. The first-order valence-corrected chi connectivity index (χ1v) is 18.7. The SMILES string of the molecule is CCCc1c(-c2ccc3ccccc3c2)nc(-c2ccc3c(c2)oc2ccccc23)nc1-c1cccc2c1-c1c(C)cccc1C21CCCCC1. The summed E-state index contributed by atoms with van der Waals surface area (Å²) < 4.78 is 6.38. The smallest absolute Gasteiger partial charge is 0.160 e. The van der Waals surface area contributed by atoms with Gasteiger partial charge >= 0.3 is 0 Å². The van der Waals surface area contributed by atoms with Gasteiger partial charge in [-0.25, -0.2) is 9.97 Å². The summed E-state index contributed by atoms with van der Waals surface area (Å²) >= 11 is 0. The van der Waals surface area contributed by atoms with Gasteiger partial charge in [0.2, 0.25) is 0 Å². The van der Waals surface area contributed by atoms with Gasteiger partial charge in [0.1, 0.15) is 11.2 Å². The van der Waals surface area contributed by atoms with Crippen LogP contribution in [0.25, 0.3) is 77.7 Å². The van der Waals surface area contributed by atoms with Gasteiger partial charge in [0.05, 0.1) is 11.4 Å². The second-order valence-corrected chi connectivity index (χ2v) is 14.7. The number of benzene rings is 6. The van der Waals surface area contributed by atoms with Crippen LogP contribution in [0.3, 0.4) is 0 Å². The molecule has 0 bridgehead atoms. The largest absolute Gasteiger partial charge is 0.456 e. The molecule has 2 aromatic heterocycles. The molecule has 51 heavy (non-hydrogen) atoms. The predicted octanol–water partition coefficient (Wildman–Crippen LogP) is 13.0. The zero-order chi connectivity index (χ0) is 34.1. The van der Waals surface area contributed by atoms with Crippen molar-refractivity contribution < 1.29 is 4.42 Å². The van der Waals surface area contributed by atoms with Crippen LogP contribution in [0.1, 0.15) is 67.7 Å². The first kappa shape index (κ1) is 30.3. The molecular weight excluding hydrogens is 621 g/mol. The average molecular weight is 661 g/mol. The summed E-state index contributed by atoms with van der Waals surface area (Å²) in [6.07, 6.45) is 8.15. The summed E-state index contributed by atoms with van der Waals surface area (Å²) in [5, 5.41) is 4.68. The molecular formula is C48H40N2O. The van der Waals surface area contributed by atoms with Crippen molar-refractivity contribution >= 4 is 32.7 Å². The normalized spacial score (nSPS) is 14.8. The molecule has 10 rings (SSSR count). The molecule has 2 aliphatic rings. The third-order valence-corrected chi connectivity index (χ3v) is 11.7. The summed E-state index contributed by atoms with van der Waals surface area (Å²) in [6.45, 7) is 4.56. The summed E-state index contributed by atoms with van der Waals surface area (Å²) in [6, 6.07) is 44.1. The molecule has 0 saturated heterocycles. The van der Waals surface area contributed by atoms with E-state index in [1.807, 2.05) is 12.1 Å². The van der Waals surface area contributed by atoms with Crippen molar-refractivity contribution in [1.29, 1.82) is 0 Å². The lowest BCUT2D eigenvalue weighted by Gasteiger charge is -2.36. The molecule has 0 atom stereocenters. The maximum absolute atomic E-state index is 6.38. The zero-order valence-electron chi connectivity index (χ0n) is 29.3. The van der Waals surface area contributed by atoms with E-state index in [0.717, 1.165) is 63.1 Å². The van der Waals surface area contributed by atoms with Gasteiger partial charge in [-0.2, -0.15) is 0 Å². The molecule has 2 heterocycles. The lowest BCUT2D eigenvalue weighted by Crippen LogP contribution is -2.28. The second kappa shape index (κ2) is 11.8. The van der Waals surface area contributed by atoms with Crippen LogP contribution in [0.15, 0.2) is 126 Å². The Kier molecular flexibility index (Phi) is 6.99. The van der Waals surface area contributed by atoms with Crippen LogP contribution in [0.4, 0.5) is 0 Å². The fourth-order valence-electron chi connectivity index (χ4n) is 9.42. The molecule has 3 heteroatoms. The van der Waals surface area contributed by atoms with Crippen LogP contribution in [0.2, 0.25) is 0 Å². The molecule has 1 fully saturated rings. The van der Waals surface area contributed by atoms with Crippen LogP contribution in [0, 0.1) is 6.92 Å². The monoisotopic (exact) mass is 660 g/mol. The highest BCUT2D eigenvalue weighted by molar-refractivity contribution is 6.06. The van der Waals surface area contributed by atoms with E-state index in [9.17, 15) is 0 Å². The van der Waals surface area contributed by atoms with Gasteiger partial charge < -0.3 is 4.42 Å². The topological polar surface area (TPSA) is 38.9 Å². The third kappa shape index (κ3) is 4.64. The summed E-state index contributed by atoms with van der Waals surface area (Å²) in [5.41, 5.74) is 15.6. The second-order valence-electron chi connectivity index (χ2n) is 14.7. The number of aromatic nitrogens is 2. The number of fused-ring (bicyclic) bond motifs is 9. The van der Waals surface area contributed by atoms with Crippen molar-refractivity contribution in [2.45, 2.75) is 64.2 Å². The number of hydrogen-bond donors (Lipinski definition) is 0. The van der Waals surface area contributed by atoms with Gasteiger partial charge in [-0.3, -0.25) is 0 Å². The van der Waals surface area contributed by atoms with Crippen molar-refractivity contribution in [2.75, 3.05) is 0 Å². The predicted molar refractivity (Wildman–Crippen MR) is 211 cm³/mol. The molecule has 248 valence electrons. The van der Waals surface area contributed by atoms with Crippen LogP contribution in [-0.4, -0.2) is 9.97 Å². The molecule has 3 nitrogen and oxygen atoms in total. The fourth-order valence-corrected chi connectivity index (χ4v) is 9.42. The van der Waals surface area contributed by atoms with Crippen molar-refractivity contribution in [2.24, 2.45) is 0 Å². The lowest BCUT2D eigenvalue weighted by molar-refractivity contribution is 0.353. The Morgan fingerprint density at radius 1 is 0.608 bits per heavy atom. The number of hydrogen-bond acceptors (Lipinski definition) is 3. The standard InChI is InChI=1S/C48H40N2O/c1-3-13-38-45(33-23-22-31-15-5-6-16-32(31)28-33)49-47(34-24-25-36-35-17-7-8-21-41(35)51-42(36)29-34)50-46(38)37-18-12-20-40-44(37)43-30(2)14-11-19-39(43)48(40)26-9-4-10-27-48/h5-8,11-12,14-25,28-29H,3-4,9-10,13,26-27H2,1-2H3. The Morgan fingerprint density at radius 3 is 2.20 bits per heavy atom. The van der Waals surface area contributed by atoms with Gasteiger partial charge in [0, 0.05) is 38.4 Å². The fraction of sp³-hybridized carbons (Fsp3) is 0.208. The first-order chi connectivity index (χ1) is 25.1. The molecule has 0 radical (unpaired) electrons. The summed E-state index contributed by atoms with van der Waals surface area (Å²) in [5.74, 6) is 0.725. The molecule has 0 aliphatic heterocycles. The van der Waals surface area contributed by atoms with E-state index in [1.54, 1.807) is 0 Å². The Balaban J connectivity index is 1.27. The Morgan fingerprint density at radius 2 is 1.33 bits per heavy atom. The highest BCUT2D eigenvalue weighted by Crippen LogP contribution is 2.59. The average Bonchev–Trinajstić information content (AvgIpc) is 3.68. The number of aryl methyl sites for hydroxylation is 1. The van der Waals surface area contributed by atoms with E-state index in [2.05, 4.69) is 123 Å². The highest BCUT2D eigenvalue weighted by atomic mass is 16.3. The Hall–Kier alpha value is -5.54. The molecule has 1 saturated carbocycles. The minimum absolute atomic E-state index is 0.0687. The van der Waals surface area contributed by atoms with E-state index in [1.165, 1.54) is 81.8 Å². The molecule has 0 amide bonds. The van der Waals surface area contributed by atoms with Crippen molar-refractivity contribution in [3.8, 4) is 45.0 Å². The Bertz CT molecular complexity index is 2660. The van der Waals surface area contributed by atoms with E-state index < -0.39 is 0 Å². The van der Waals surface area contributed by atoms with Crippen molar-refractivity contribution in [3.63, 3.8) is 0 Å². The van der Waals surface area contributed by atoms with Gasteiger partial charge in [0.15, 0.2) is 5.82 Å². The maximum atomic E-state index is 6.38. The summed E-state index contributed by atoms with van der Waals surface area (Å²) in [7, 11) is 0. The lowest BCUT2D eigenvalue weighted by atomic mass is 9.67. The minimum atomic E-state index is 0.0687. The van der Waals surface area contributed by atoms with Crippen LogP contribution >= 0.6 is 0 Å². The van der Waals surface area contributed by atoms with Crippen LogP contribution in [0.5, 0.6) is 0 Å². The molecule has 8 aromatic rings. The third-order valence-electron chi connectivity index (χ3n) is 11.7. The number of furan rings is 1. The highest BCUT2D eigenvalue weighted by Gasteiger charge is 2.45. The molecule has 1 spiro atoms. The molecule has 2 aliphatic carbocycles. The van der Waals surface area contributed by atoms with Gasteiger partial charge in [-0.15, -0.1) is 0 Å². The van der Waals surface area contributed by atoms with Crippen LogP contribution in [-0.2, 0) is 11.8 Å². The maximum Gasteiger partial charge on any atom is 0.160 e. The van der Waals surface area contributed by atoms with Crippen molar-refractivity contribution in [3.05, 3.63) is 144 Å². The van der Waals surface area contributed by atoms with E-state index >= 15 is 0 Å². The molecule has 0 N–H and O–H groups in total. The minimum Gasteiger partial charge on any atom is -0.456 e. The van der Waals surface area contributed by atoms with E-state index in [4.69, 9.17) is 14.4 Å². The quantitative estimate of drug-likeness (QED) is 0.184. The van der Waals surface area contributed by atoms with Gasteiger partial charge in [-0.1, -0.05) is 130 Å². The van der Waals surface area contributed by atoms with Crippen LogP contribution < -0.4 is 0 Å². The zero-order valence-corrected chi connectivity index (χ0v) is 29.3. The number of rotatable bonds is 5. The summed E-state index contributed by atoms with van der Waals surface area (Å²) in [4.78, 5) is 11.1. The van der Waals surface area contributed by atoms with Gasteiger partial charge in [0.25, 0.3) is 0 Å².